The first-order valence-corrected chi connectivity index (χ1v) is 9.34. The van der Waals surface area contributed by atoms with Crippen molar-refractivity contribution in [2.45, 2.75) is 13.0 Å². The van der Waals surface area contributed by atoms with Gasteiger partial charge in [0, 0.05) is 41.9 Å². The summed E-state index contributed by atoms with van der Waals surface area (Å²) < 4.78 is 5.78. The Morgan fingerprint density at radius 2 is 2.11 bits per heavy atom. The number of carbonyl (C=O) groups excluding carboxylic acids is 1. The van der Waals surface area contributed by atoms with Gasteiger partial charge in [-0.3, -0.25) is 4.98 Å². The second kappa shape index (κ2) is 7.44. The molecule has 1 aliphatic rings. The van der Waals surface area contributed by atoms with E-state index in [4.69, 9.17) is 9.72 Å². The van der Waals surface area contributed by atoms with E-state index in [1.54, 1.807) is 12.3 Å². The molecule has 136 valence electrons. The maximum atomic E-state index is 12.2. The van der Waals surface area contributed by atoms with E-state index in [-0.39, 0.29) is 5.97 Å². The molecule has 3 heterocycles. The smallest absolute Gasteiger partial charge is 0.340 e. The normalized spacial score (nSPS) is 13.2. The second-order valence-electron chi connectivity index (χ2n) is 6.21. The van der Waals surface area contributed by atoms with Gasteiger partial charge in [-0.2, -0.15) is 0 Å². The van der Waals surface area contributed by atoms with Gasteiger partial charge in [0.25, 0.3) is 0 Å². The van der Waals surface area contributed by atoms with Crippen molar-refractivity contribution in [2.75, 3.05) is 18.6 Å². The number of rotatable bonds is 3. The number of carbonyl (C=O) groups is 1. The molecule has 7 heteroatoms. The van der Waals surface area contributed by atoms with Gasteiger partial charge in [-0.25, -0.2) is 14.8 Å². The van der Waals surface area contributed by atoms with Gasteiger partial charge < -0.3 is 9.64 Å². The first-order chi connectivity index (χ1) is 13.2. The minimum absolute atomic E-state index is 0.348. The molecule has 0 N–H and O–H groups in total. The van der Waals surface area contributed by atoms with Crippen LogP contribution in [0.4, 0.5) is 5.69 Å². The van der Waals surface area contributed by atoms with E-state index < -0.39 is 0 Å². The molecular formula is C20H17BrN4O2. The summed E-state index contributed by atoms with van der Waals surface area (Å²) >= 11 is 3.42. The van der Waals surface area contributed by atoms with E-state index in [2.05, 4.69) is 30.8 Å². The summed E-state index contributed by atoms with van der Waals surface area (Å²) in [4.78, 5) is 27.8. The van der Waals surface area contributed by atoms with Crippen LogP contribution in [0.2, 0.25) is 0 Å². The lowest BCUT2D eigenvalue weighted by atomic mass is 10.0. The number of fused-ring (bicyclic) bond motifs is 1. The van der Waals surface area contributed by atoms with Crippen LogP contribution in [0.1, 0.15) is 21.6 Å². The zero-order valence-electron chi connectivity index (χ0n) is 14.7. The van der Waals surface area contributed by atoms with Crippen LogP contribution in [0.5, 0.6) is 0 Å². The Hall–Kier alpha value is -2.80. The maximum absolute atomic E-state index is 12.2. The topological polar surface area (TPSA) is 68.2 Å². The number of aromatic nitrogens is 3. The summed E-state index contributed by atoms with van der Waals surface area (Å²) in [6.45, 7) is 1.40. The molecule has 0 amide bonds. The molecule has 0 radical (unpaired) electrons. The largest absolute Gasteiger partial charge is 0.465 e. The molecule has 2 aromatic heterocycles. The Balaban J connectivity index is 1.64. The third-order valence-corrected chi connectivity index (χ3v) is 5.03. The average molecular weight is 425 g/mol. The van der Waals surface area contributed by atoms with Crippen LogP contribution in [0.3, 0.4) is 0 Å². The number of pyridine rings is 1. The number of halogens is 1. The monoisotopic (exact) mass is 424 g/mol. The van der Waals surface area contributed by atoms with Crippen LogP contribution < -0.4 is 4.90 Å². The van der Waals surface area contributed by atoms with E-state index in [0.717, 1.165) is 40.1 Å². The molecule has 4 rings (SSSR count). The van der Waals surface area contributed by atoms with Crippen molar-refractivity contribution < 1.29 is 9.53 Å². The van der Waals surface area contributed by atoms with Crippen LogP contribution in [-0.2, 0) is 17.7 Å². The first-order valence-electron chi connectivity index (χ1n) is 8.54. The maximum Gasteiger partial charge on any atom is 0.340 e. The highest BCUT2D eigenvalue weighted by Crippen LogP contribution is 2.30. The third-order valence-electron chi connectivity index (χ3n) is 4.53. The minimum atomic E-state index is -0.348. The Bertz CT molecular complexity index is 995. The average Bonchev–Trinajstić information content (AvgIpc) is 2.73. The van der Waals surface area contributed by atoms with Gasteiger partial charge in [-0.15, -0.1) is 0 Å². The van der Waals surface area contributed by atoms with Gasteiger partial charge in [0.15, 0.2) is 5.82 Å². The van der Waals surface area contributed by atoms with E-state index >= 15 is 0 Å². The molecule has 1 aromatic carbocycles. The quantitative estimate of drug-likeness (QED) is 0.597. The fourth-order valence-corrected chi connectivity index (χ4v) is 3.56. The number of benzene rings is 1. The molecule has 0 fully saturated rings. The lowest BCUT2D eigenvalue weighted by Gasteiger charge is -2.31. The van der Waals surface area contributed by atoms with Crippen molar-refractivity contribution in [1.29, 1.82) is 0 Å². The predicted octanol–water partition coefficient (Wildman–Crippen LogP) is 3.65. The summed E-state index contributed by atoms with van der Waals surface area (Å²) in [7, 11) is 1.39. The van der Waals surface area contributed by atoms with Crippen LogP contribution in [0.25, 0.3) is 11.5 Å². The molecule has 6 nitrogen and oxygen atoms in total. The molecule has 1 aliphatic heterocycles. The zero-order valence-corrected chi connectivity index (χ0v) is 16.3. The lowest BCUT2D eigenvalue weighted by Crippen LogP contribution is -2.32. The Morgan fingerprint density at radius 3 is 2.89 bits per heavy atom. The van der Waals surface area contributed by atoms with Gasteiger partial charge in [-0.05, 0) is 30.3 Å². The number of anilines is 1. The van der Waals surface area contributed by atoms with Crippen molar-refractivity contribution in [3.05, 3.63) is 70.1 Å². The summed E-state index contributed by atoms with van der Waals surface area (Å²) in [5.74, 6) is 0.292. The van der Waals surface area contributed by atoms with Gasteiger partial charge in [0.05, 0.1) is 24.1 Å². The fourth-order valence-electron chi connectivity index (χ4n) is 3.20. The van der Waals surface area contributed by atoms with Crippen molar-refractivity contribution in [1.82, 2.24) is 15.0 Å². The predicted molar refractivity (Wildman–Crippen MR) is 105 cm³/mol. The third kappa shape index (κ3) is 3.55. The molecule has 0 unspecified atom stereocenters. The van der Waals surface area contributed by atoms with Crippen molar-refractivity contribution in [3.63, 3.8) is 0 Å². The number of nitrogens with zero attached hydrogens (tertiary/aromatic N) is 4. The van der Waals surface area contributed by atoms with E-state index in [0.29, 0.717) is 17.9 Å². The van der Waals surface area contributed by atoms with Gasteiger partial charge >= 0.3 is 5.97 Å². The van der Waals surface area contributed by atoms with Crippen LogP contribution in [-0.4, -0.2) is 34.6 Å². The number of ether oxygens (including phenoxy) is 1. The molecule has 27 heavy (non-hydrogen) atoms. The standard InChI is InChI=1S/C20H17BrN4O2/c1-27-20(26)15-10-14(21)5-6-18(15)25-9-7-16-13(12-25)11-23-19(24-16)17-4-2-3-8-22-17/h2-6,8,10-11H,7,9,12H2,1H3. The molecule has 0 spiro atoms. The summed E-state index contributed by atoms with van der Waals surface area (Å²) in [5.41, 5.74) is 4.24. The second-order valence-corrected chi connectivity index (χ2v) is 7.12. The summed E-state index contributed by atoms with van der Waals surface area (Å²) in [5, 5.41) is 0. The highest BCUT2D eigenvalue weighted by atomic mass is 79.9. The Kier molecular flexibility index (Phi) is 4.85. The van der Waals surface area contributed by atoms with E-state index in [1.807, 2.05) is 36.5 Å². The minimum Gasteiger partial charge on any atom is -0.465 e. The Labute approximate surface area is 165 Å². The van der Waals surface area contributed by atoms with Gasteiger partial charge in [0.1, 0.15) is 5.69 Å². The fraction of sp³-hybridized carbons (Fsp3) is 0.200. The SMILES string of the molecule is COC(=O)c1cc(Br)ccc1N1CCc2nc(-c3ccccn3)ncc2C1. The molecule has 0 bridgehead atoms. The highest BCUT2D eigenvalue weighted by molar-refractivity contribution is 9.10. The number of methoxy groups -OCH3 is 1. The van der Waals surface area contributed by atoms with Gasteiger partial charge in [0.2, 0.25) is 0 Å². The molecule has 0 aliphatic carbocycles. The number of hydrogen-bond donors (Lipinski definition) is 0. The molecule has 0 saturated carbocycles. The molecule has 0 atom stereocenters. The summed E-state index contributed by atoms with van der Waals surface area (Å²) in [6, 6.07) is 11.4. The van der Waals surface area contributed by atoms with Crippen molar-refractivity contribution >= 4 is 27.6 Å². The van der Waals surface area contributed by atoms with Crippen LogP contribution in [0, 0.1) is 0 Å². The van der Waals surface area contributed by atoms with E-state index in [1.165, 1.54) is 7.11 Å². The Morgan fingerprint density at radius 1 is 1.22 bits per heavy atom. The van der Waals surface area contributed by atoms with Crippen molar-refractivity contribution in [2.24, 2.45) is 0 Å². The molecular weight excluding hydrogens is 408 g/mol. The van der Waals surface area contributed by atoms with Crippen molar-refractivity contribution in [3.8, 4) is 11.5 Å². The summed E-state index contributed by atoms with van der Waals surface area (Å²) in [6.07, 6.45) is 4.37. The molecule has 0 saturated heterocycles. The van der Waals surface area contributed by atoms with Crippen LogP contribution in [0.15, 0.2) is 53.3 Å². The van der Waals surface area contributed by atoms with E-state index in [9.17, 15) is 4.79 Å². The number of hydrogen-bond acceptors (Lipinski definition) is 6. The van der Waals surface area contributed by atoms with Gasteiger partial charge in [-0.1, -0.05) is 22.0 Å². The lowest BCUT2D eigenvalue weighted by molar-refractivity contribution is 0.0601. The molecule has 3 aromatic rings. The highest BCUT2D eigenvalue weighted by Gasteiger charge is 2.23. The zero-order chi connectivity index (χ0) is 18.8. The first kappa shape index (κ1) is 17.6. The number of esters is 1. The van der Waals surface area contributed by atoms with Crippen LogP contribution >= 0.6 is 15.9 Å².